The third-order valence-corrected chi connectivity index (χ3v) is 3.07. The van der Waals surface area contributed by atoms with Gasteiger partial charge in [0.25, 0.3) is 5.91 Å². The van der Waals surface area contributed by atoms with Gasteiger partial charge in [0.15, 0.2) is 5.82 Å². The molecule has 2 heterocycles. The third-order valence-electron chi connectivity index (χ3n) is 2.84. The van der Waals surface area contributed by atoms with E-state index in [0.29, 0.717) is 22.3 Å². The maximum Gasteiger partial charge on any atom is 0.274 e. The molecule has 3 rings (SSSR count). The van der Waals surface area contributed by atoms with E-state index in [2.05, 4.69) is 25.8 Å². The van der Waals surface area contributed by atoms with Crippen LogP contribution in [0.15, 0.2) is 47.1 Å². The molecule has 3 aromatic rings. The number of benzene rings is 1. The van der Waals surface area contributed by atoms with Gasteiger partial charge in [0.1, 0.15) is 11.5 Å². The van der Waals surface area contributed by atoms with Gasteiger partial charge in [-0.2, -0.15) is 0 Å². The average Bonchev–Trinajstić information content (AvgIpc) is 2.92. The maximum absolute atomic E-state index is 12.2. The highest BCUT2D eigenvalue weighted by atomic mass is 35.5. The maximum atomic E-state index is 12.2. The second-order valence-corrected chi connectivity index (χ2v) is 5.11. The highest BCUT2D eigenvalue weighted by Crippen LogP contribution is 2.16. The number of nitrogens with zero attached hydrogens (tertiary/aromatic N) is 3. The molecule has 1 aromatic carbocycles. The van der Waals surface area contributed by atoms with E-state index in [0.717, 1.165) is 0 Å². The van der Waals surface area contributed by atoms with Crippen LogP contribution in [0.2, 0.25) is 5.02 Å². The van der Waals surface area contributed by atoms with Crippen molar-refractivity contribution in [3.8, 4) is 0 Å². The van der Waals surface area contributed by atoms with Crippen molar-refractivity contribution in [2.24, 2.45) is 0 Å². The fourth-order valence-corrected chi connectivity index (χ4v) is 2.04. The number of hydrogen-bond donors (Lipinski definition) is 2. The Labute approximate surface area is 136 Å². The lowest BCUT2D eigenvalue weighted by atomic mass is 10.3. The van der Waals surface area contributed by atoms with Gasteiger partial charge in [-0.1, -0.05) is 22.8 Å². The zero-order chi connectivity index (χ0) is 16.2. The predicted molar refractivity (Wildman–Crippen MR) is 86.0 cm³/mol. The smallest absolute Gasteiger partial charge is 0.274 e. The highest BCUT2D eigenvalue weighted by Gasteiger charge is 2.10. The summed E-state index contributed by atoms with van der Waals surface area (Å²) in [4.78, 5) is 20.4. The Kier molecular flexibility index (Phi) is 4.20. The molecule has 0 unspecified atom stereocenters. The SMILES string of the molecule is Cc1cc(Nc2nccc(C(=O)Nc3cccc(Cl)c3)n2)no1. The van der Waals surface area contributed by atoms with Crippen LogP contribution in [0.3, 0.4) is 0 Å². The molecule has 7 nitrogen and oxygen atoms in total. The lowest BCUT2D eigenvalue weighted by Gasteiger charge is -2.06. The fraction of sp³-hybridized carbons (Fsp3) is 0.0667. The molecule has 23 heavy (non-hydrogen) atoms. The zero-order valence-corrected chi connectivity index (χ0v) is 12.8. The van der Waals surface area contributed by atoms with E-state index in [1.54, 1.807) is 37.3 Å². The molecule has 0 bridgehead atoms. The first-order valence-electron chi connectivity index (χ1n) is 6.70. The quantitative estimate of drug-likeness (QED) is 0.761. The molecule has 0 aliphatic rings. The lowest BCUT2D eigenvalue weighted by molar-refractivity contribution is 0.102. The van der Waals surface area contributed by atoms with Gasteiger partial charge in [-0.25, -0.2) is 9.97 Å². The molecule has 1 amide bonds. The normalized spacial score (nSPS) is 10.3. The van der Waals surface area contributed by atoms with E-state index in [1.165, 1.54) is 12.3 Å². The summed E-state index contributed by atoms with van der Waals surface area (Å²) in [6.07, 6.45) is 1.48. The standard InChI is InChI=1S/C15H12ClN5O2/c1-9-7-13(21-23-9)20-15-17-6-5-12(19-15)14(22)18-11-4-2-3-10(16)8-11/h2-8H,1H3,(H,18,22)(H,17,19,20,21). The summed E-state index contributed by atoms with van der Waals surface area (Å²) in [5.41, 5.74) is 0.797. The number of aromatic nitrogens is 3. The molecule has 0 fully saturated rings. The molecular weight excluding hydrogens is 318 g/mol. The van der Waals surface area contributed by atoms with Crippen molar-refractivity contribution in [2.75, 3.05) is 10.6 Å². The largest absolute Gasteiger partial charge is 0.360 e. The van der Waals surface area contributed by atoms with Crippen molar-refractivity contribution in [1.82, 2.24) is 15.1 Å². The lowest BCUT2D eigenvalue weighted by Crippen LogP contribution is -2.14. The summed E-state index contributed by atoms with van der Waals surface area (Å²) in [5, 5.41) is 9.90. The summed E-state index contributed by atoms with van der Waals surface area (Å²) >= 11 is 5.89. The monoisotopic (exact) mass is 329 g/mol. The Morgan fingerprint density at radius 3 is 2.87 bits per heavy atom. The minimum absolute atomic E-state index is 0.211. The first-order valence-corrected chi connectivity index (χ1v) is 7.08. The number of nitrogens with one attached hydrogen (secondary N) is 2. The Morgan fingerprint density at radius 1 is 1.26 bits per heavy atom. The molecule has 2 N–H and O–H groups in total. The number of rotatable bonds is 4. The summed E-state index contributed by atoms with van der Waals surface area (Å²) in [5.74, 6) is 1.00. The van der Waals surface area contributed by atoms with Gasteiger partial charge in [0, 0.05) is 23.0 Å². The van der Waals surface area contributed by atoms with Gasteiger partial charge in [0.2, 0.25) is 5.95 Å². The number of hydrogen-bond acceptors (Lipinski definition) is 6. The van der Waals surface area contributed by atoms with Crippen LogP contribution in [-0.2, 0) is 0 Å². The van der Waals surface area contributed by atoms with E-state index >= 15 is 0 Å². The Hall–Kier alpha value is -2.93. The second kappa shape index (κ2) is 6.45. The van der Waals surface area contributed by atoms with E-state index in [1.807, 2.05) is 0 Å². The van der Waals surface area contributed by atoms with Gasteiger partial charge in [0.05, 0.1) is 0 Å². The van der Waals surface area contributed by atoms with Crippen molar-refractivity contribution in [1.29, 1.82) is 0 Å². The molecule has 0 aliphatic heterocycles. The first-order chi connectivity index (χ1) is 11.1. The van der Waals surface area contributed by atoms with Crippen LogP contribution in [0.25, 0.3) is 0 Å². The first kappa shape index (κ1) is 15.0. The highest BCUT2D eigenvalue weighted by molar-refractivity contribution is 6.30. The number of amides is 1. The molecule has 8 heteroatoms. The van der Waals surface area contributed by atoms with Crippen molar-refractivity contribution in [2.45, 2.75) is 6.92 Å². The predicted octanol–water partition coefficient (Wildman–Crippen LogP) is 3.42. The van der Waals surface area contributed by atoms with Gasteiger partial charge < -0.3 is 15.2 Å². The number of anilines is 3. The molecule has 0 saturated heterocycles. The van der Waals surface area contributed by atoms with Crippen molar-refractivity contribution >= 4 is 35.0 Å². The summed E-state index contributed by atoms with van der Waals surface area (Å²) in [7, 11) is 0. The Bertz CT molecular complexity index is 849. The average molecular weight is 330 g/mol. The molecule has 0 spiro atoms. The number of halogens is 1. The second-order valence-electron chi connectivity index (χ2n) is 4.68. The van der Waals surface area contributed by atoms with Crippen LogP contribution >= 0.6 is 11.6 Å². The third kappa shape index (κ3) is 3.83. The molecule has 0 aliphatic carbocycles. The van der Waals surface area contributed by atoms with Gasteiger partial charge in [-0.15, -0.1) is 0 Å². The van der Waals surface area contributed by atoms with Crippen molar-refractivity contribution < 1.29 is 9.32 Å². The van der Waals surface area contributed by atoms with Crippen LogP contribution < -0.4 is 10.6 Å². The van der Waals surface area contributed by atoms with Gasteiger partial charge in [-0.05, 0) is 31.2 Å². The molecule has 2 aromatic heterocycles. The molecule has 0 radical (unpaired) electrons. The minimum atomic E-state index is -0.367. The summed E-state index contributed by atoms with van der Waals surface area (Å²) in [6, 6.07) is 10.1. The van der Waals surface area contributed by atoms with Crippen LogP contribution in [-0.4, -0.2) is 21.0 Å². The van der Waals surface area contributed by atoms with Crippen LogP contribution in [0.5, 0.6) is 0 Å². The van der Waals surface area contributed by atoms with E-state index in [4.69, 9.17) is 16.1 Å². The molecule has 0 saturated carbocycles. The van der Waals surface area contributed by atoms with Gasteiger partial charge in [-0.3, -0.25) is 4.79 Å². The summed E-state index contributed by atoms with van der Waals surface area (Å²) < 4.78 is 4.94. The number of carbonyl (C=O) groups excluding carboxylic acids is 1. The molecule has 0 atom stereocenters. The summed E-state index contributed by atoms with van der Waals surface area (Å²) in [6.45, 7) is 1.77. The van der Waals surface area contributed by atoms with Crippen LogP contribution in [0.1, 0.15) is 16.2 Å². The zero-order valence-electron chi connectivity index (χ0n) is 12.1. The fourth-order valence-electron chi connectivity index (χ4n) is 1.85. The molecule has 116 valence electrons. The van der Waals surface area contributed by atoms with Crippen LogP contribution in [0.4, 0.5) is 17.5 Å². The molecular formula is C15H12ClN5O2. The number of carbonyl (C=O) groups is 1. The topological polar surface area (TPSA) is 92.9 Å². The van der Waals surface area contributed by atoms with Crippen molar-refractivity contribution in [3.63, 3.8) is 0 Å². The van der Waals surface area contributed by atoms with E-state index < -0.39 is 0 Å². The number of aryl methyl sites for hydroxylation is 1. The van der Waals surface area contributed by atoms with E-state index in [9.17, 15) is 4.79 Å². The minimum Gasteiger partial charge on any atom is -0.360 e. The van der Waals surface area contributed by atoms with E-state index in [-0.39, 0.29) is 17.5 Å². The van der Waals surface area contributed by atoms with Gasteiger partial charge >= 0.3 is 0 Å². The Morgan fingerprint density at radius 2 is 2.13 bits per heavy atom. The van der Waals surface area contributed by atoms with Crippen molar-refractivity contribution in [3.05, 3.63) is 59.1 Å². The Balaban J connectivity index is 1.75. The van der Waals surface area contributed by atoms with Crippen LogP contribution in [0, 0.1) is 6.92 Å².